The molecule has 3 heterocycles. The number of cyclic esters (lactones) is 2. The number of esters is 2. The lowest BCUT2D eigenvalue weighted by atomic mass is 9.98. The van der Waals surface area contributed by atoms with Crippen molar-refractivity contribution < 1.29 is 14.3 Å². The number of benzene rings is 1. The van der Waals surface area contributed by atoms with Gasteiger partial charge in [0.05, 0.1) is 11.1 Å². The quantitative estimate of drug-likeness (QED) is 0.539. The summed E-state index contributed by atoms with van der Waals surface area (Å²) in [5, 5.41) is 4.65. The highest BCUT2D eigenvalue weighted by Gasteiger charge is 2.36. The maximum absolute atomic E-state index is 12.2. The Labute approximate surface area is 130 Å². The average molecular weight is 309 g/mol. The molecular weight excluding hydrogens is 298 g/mol. The van der Waals surface area contributed by atoms with Crippen molar-refractivity contribution in [3.05, 3.63) is 58.4 Å². The largest absolute Gasteiger partial charge is 0.386 e. The average Bonchev–Trinajstić information content (AvgIpc) is 3.19. The molecule has 22 heavy (non-hydrogen) atoms. The first-order valence-corrected chi connectivity index (χ1v) is 7.69. The summed E-state index contributed by atoms with van der Waals surface area (Å²) < 4.78 is 6.81. The van der Waals surface area contributed by atoms with Crippen molar-refractivity contribution in [1.82, 2.24) is 4.57 Å². The maximum atomic E-state index is 12.2. The number of thiophene rings is 1. The minimum atomic E-state index is -0.581. The lowest BCUT2D eigenvalue weighted by Crippen LogP contribution is -2.01. The highest BCUT2D eigenvalue weighted by molar-refractivity contribution is 7.08. The molecule has 0 saturated heterocycles. The normalized spacial score (nSPS) is 15.0. The molecule has 1 aliphatic heterocycles. The van der Waals surface area contributed by atoms with E-state index < -0.39 is 11.9 Å². The minimum absolute atomic E-state index is 0.347. The van der Waals surface area contributed by atoms with E-state index in [1.54, 1.807) is 0 Å². The van der Waals surface area contributed by atoms with Gasteiger partial charge in [-0.2, -0.15) is 11.3 Å². The van der Waals surface area contributed by atoms with Crippen LogP contribution < -0.4 is 0 Å². The molecule has 4 rings (SSSR count). The summed E-state index contributed by atoms with van der Waals surface area (Å²) in [5.74, 6) is -1.16. The Balaban J connectivity index is 2.06. The van der Waals surface area contributed by atoms with Gasteiger partial charge in [-0.15, -0.1) is 0 Å². The predicted molar refractivity (Wildman–Crippen MR) is 85.2 cm³/mol. The van der Waals surface area contributed by atoms with Gasteiger partial charge < -0.3 is 9.30 Å². The maximum Gasteiger partial charge on any atom is 0.347 e. The molecule has 0 atom stereocenters. The SMILES string of the molecule is Cn1cc(C2=C(c3ccsc3)C(=O)OC2=O)c2ccccc21. The summed E-state index contributed by atoms with van der Waals surface area (Å²) in [5.41, 5.74) is 3.16. The van der Waals surface area contributed by atoms with E-state index in [4.69, 9.17) is 4.74 Å². The molecular formula is C17H11NO3S. The first-order chi connectivity index (χ1) is 10.7. The fourth-order valence-corrected chi connectivity index (χ4v) is 3.49. The van der Waals surface area contributed by atoms with Gasteiger partial charge in [0.1, 0.15) is 0 Å². The van der Waals surface area contributed by atoms with Crippen molar-refractivity contribution in [2.75, 3.05) is 0 Å². The van der Waals surface area contributed by atoms with E-state index in [2.05, 4.69) is 0 Å². The summed E-state index contributed by atoms with van der Waals surface area (Å²) in [4.78, 5) is 24.3. The van der Waals surface area contributed by atoms with Gasteiger partial charge in [-0.05, 0) is 22.9 Å². The van der Waals surface area contributed by atoms with E-state index in [0.29, 0.717) is 11.1 Å². The predicted octanol–water partition coefficient (Wildman–Crippen LogP) is 3.23. The molecule has 108 valence electrons. The zero-order valence-corrected chi connectivity index (χ0v) is 12.5. The Morgan fingerprint density at radius 1 is 1.05 bits per heavy atom. The van der Waals surface area contributed by atoms with E-state index in [1.807, 2.05) is 58.9 Å². The number of hydrogen-bond acceptors (Lipinski definition) is 4. The molecule has 1 aliphatic rings. The summed E-state index contributed by atoms with van der Waals surface area (Å²) in [6.07, 6.45) is 1.87. The lowest BCUT2D eigenvalue weighted by molar-refractivity contribution is -0.149. The highest BCUT2D eigenvalue weighted by atomic mass is 32.1. The van der Waals surface area contributed by atoms with Crippen LogP contribution in [0, 0.1) is 0 Å². The van der Waals surface area contributed by atoms with Crippen LogP contribution in [0.5, 0.6) is 0 Å². The van der Waals surface area contributed by atoms with Crippen molar-refractivity contribution >= 4 is 45.3 Å². The third-order valence-corrected chi connectivity index (χ3v) is 4.50. The number of aryl methyl sites for hydroxylation is 1. The van der Waals surface area contributed by atoms with Crippen molar-refractivity contribution in [2.45, 2.75) is 0 Å². The lowest BCUT2D eigenvalue weighted by Gasteiger charge is -1.99. The molecule has 0 radical (unpaired) electrons. The third kappa shape index (κ3) is 1.76. The topological polar surface area (TPSA) is 48.3 Å². The number of hydrogen-bond donors (Lipinski definition) is 0. The molecule has 0 fully saturated rings. The first kappa shape index (κ1) is 13.0. The zero-order chi connectivity index (χ0) is 15.3. The molecule has 0 aliphatic carbocycles. The molecule has 2 aromatic heterocycles. The van der Waals surface area contributed by atoms with Gasteiger partial charge in [0, 0.05) is 35.3 Å². The number of para-hydroxylation sites is 1. The van der Waals surface area contributed by atoms with Crippen LogP contribution in [-0.2, 0) is 21.4 Å². The van der Waals surface area contributed by atoms with Crippen molar-refractivity contribution in [1.29, 1.82) is 0 Å². The van der Waals surface area contributed by atoms with Crippen LogP contribution in [0.1, 0.15) is 11.1 Å². The molecule has 4 nitrogen and oxygen atoms in total. The monoisotopic (exact) mass is 309 g/mol. The Kier molecular flexibility index (Phi) is 2.77. The van der Waals surface area contributed by atoms with Crippen LogP contribution in [0.15, 0.2) is 47.3 Å². The second kappa shape index (κ2) is 4.68. The molecule has 0 spiro atoms. The van der Waals surface area contributed by atoms with Gasteiger partial charge in [-0.3, -0.25) is 0 Å². The van der Waals surface area contributed by atoms with Crippen LogP contribution in [0.4, 0.5) is 0 Å². The van der Waals surface area contributed by atoms with Crippen molar-refractivity contribution in [2.24, 2.45) is 7.05 Å². The Bertz CT molecular complexity index is 948. The van der Waals surface area contributed by atoms with Gasteiger partial charge in [-0.25, -0.2) is 9.59 Å². The van der Waals surface area contributed by atoms with E-state index in [1.165, 1.54) is 11.3 Å². The second-order valence-electron chi connectivity index (χ2n) is 5.11. The van der Waals surface area contributed by atoms with Crippen molar-refractivity contribution in [3.63, 3.8) is 0 Å². The van der Waals surface area contributed by atoms with Crippen LogP contribution in [0.25, 0.3) is 22.0 Å². The summed E-state index contributed by atoms with van der Waals surface area (Å²) >= 11 is 1.48. The van der Waals surface area contributed by atoms with Crippen LogP contribution >= 0.6 is 11.3 Å². The van der Waals surface area contributed by atoms with Crippen LogP contribution in [-0.4, -0.2) is 16.5 Å². The van der Waals surface area contributed by atoms with Gasteiger partial charge in [0.25, 0.3) is 0 Å². The van der Waals surface area contributed by atoms with Gasteiger partial charge in [0.2, 0.25) is 0 Å². The highest BCUT2D eigenvalue weighted by Crippen LogP contribution is 2.38. The zero-order valence-electron chi connectivity index (χ0n) is 11.7. The Hall–Kier alpha value is -2.66. The molecule has 0 amide bonds. The number of fused-ring (bicyclic) bond motifs is 1. The van der Waals surface area contributed by atoms with E-state index in [9.17, 15) is 9.59 Å². The molecule has 0 bridgehead atoms. The number of rotatable bonds is 2. The van der Waals surface area contributed by atoms with E-state index in [0.717, 1.165) is 22.0 Å². The number of carbonyl (C=O) groups excluding carboxylic acids is 2. The van der Waals surface area contributed by atoms with Gasteiger partial charge >= 0.3 is 11.9 Å². The summed E-state index contributed by atoms with van der Waals surface area (Å²) in [6.45, 7) is 0. The van der Waals surface area contributed by atoms with E-state index in [-0.39, 0.29) is 0 Å². The number of aromatic nitrogens is 1. The summed E-state index contributed by atoms with van der Waals surface area (Å²) in [6, 6.07) is 9.60. The smallest absolute Gasteiger partial charge is 0.347 e. The fourth-order valence-electron chi connectivity index (χ4n) is 2.84. The fraction of sp³-hybridized carbons (Fsp3) is 0.0588. The van der Waals surface area contributed by atoms with Crippen LogP contribution in [0.3, 0.4) is 0 Å². The molecule has 3 aromatic rings. The van der Waals surface area contributed by atoms with E-state index >= 15 is 0 Å². The van der Waals surface area contributed by atoms with Gasteiger partial charge in [-0.1, -0.05) is 18.2 Å². The first-order valence-electron chi connectivity index (χ1n) is 6.74. The number of carbonyl (C=O) groups is 2. The molecule has 0 N–H and O–H groups in total. The molecule has 0 saturated carbocycles. The van der Waals surface area contributed by atoms with Crippen LogP contribution in [0.2, 0.25) is 0 Å². The third-order valence-electron chi connectivity index (χ3n) is 3.82. The van der Waals surface area contributed by atoms with Crippen molar-refractivity contribution in [3.8, 4) is 0 Å². The van der Waals surface area contributed by atoms with Gasteiger partial charge in [0.15, 0.2) is 0 Å². The summed E-state index contributed by atoms with van der Waals surface area (Å²) in [7, 11) is 1.92. The molecule has 1 aromatic carbocycles. The molecule has 0 unspecified atom stereocenters. The second-order valence-corrected chi connectivity index (χ2v) is 5.89. The Morgan fingerprint density at radius 3 is 2.59 bits per heavy atom. The number of nitrogens with zero attached hydrogens (tertiary/aromatic N) is 1. The standard InChI is InChI=1S/C17H11NO3S/c1-18-8-12(11-4-2-3-5-13(11)18)15-14(10-6-7-22-9-10)16(19)21-17(15)20/h2-9H,1H3. The Morgan fingerprint density at radius 2 is 1.82 bits per heavy atom. The molecule has 5 heteroatoms. The minimum Gasteiger partial charge on any atom is -0.386 e. The number of ether oxygens (including phenoxy) is 1.